The molecule has 17 heavy (non-hydrogen) atoms. The van der Waals surface area contributed by atoms with Crippen LogP contribution in [0.2, 0.25) is 0 Å². The summed E-state index contributed by atoms with van der Waals surface area (Å²) in [5, 5.41) is 9.26. The van der Waals surface area contributed by atoms with E-state index in [2.05, 4.69) is 15.9 Å². The van der Waals surface area contributed by atoms with Crippen LogP contribution in [-0.4, -0.2) is 17.2 Å². The van der Waals surface area contributed by atoms with Gasteiger partial charge in [0.05, 0.1) is 5.92 Å². The van der Waals surface area contributed by atoms with Gasteiger partial charge in [-0.2, -0.15) is 0 Å². The molecular weight excluding hydrogens is 284 g/mol. The molecule has 0 spiro atoms. The highest BCUT2D eigenvalue weighted by Crippen LogP contribution is 2.35. The minimum Gasteiger partial charge on any atom is -0.489 e. The highest BCUT2D eigenvalue weighted by atomic mass is 79.9. The summed E-state index contributed by atoms with van der Waals surface area (Å²) in [6.45, 7) is 3.98. The molecule has 2 rings (SSSR count). The predicted octanol–water partition coefficient (Wildman–Crippen LogP) is 3.11. The van der Waals surface area contributed by atoms with Crippen molar-refractivity contribution in [2.24, 2.45) is 11.8 Å². The number of carboxylic acids is 1. The van der Waals surface area contributed by atoms with Crippen LogP contribution in [-0.2, 0) is 11.2 Å². The van der Waals surface area contributed by atoms with Crippen LogP contribution in [0.1, 0.15) is 19.4 Å². The summed E-state index contributed by atoms with van der Waals surface area (Å²) in [6, 6.07) is 5.74. The molecule has 2 unspecified atom stereocenters. The van der Waals surface area contributed by atoms with E-state index in [1.807, 2.05) is 32.0 Å². The van der Waals surface area contributed by atoms with E-state index in [9.17, 15) is 9.90 Å². The van der Waals surface area contributed by atoms with Gasteiger partial charge in [0.2, 0.25) is 0 Å². The fourth-order valence-electron chi connectivity index (χ4n) is 2.23. The standard InChI is InChI=1S/C13H15BrO3/c1-7(2)12-10(13(15)16)6-8-5-9(14)3-4-11(8)17-12/h3-5,7,10,12H,6H2,1-2H3,(H,15,16). The van der Waals surface area contributed by atoms with E-state index >= 15 is 0 Å². The largest absolute Gasteiger partial charge is 0.489 e. The molecule has 0 saturated heterocycles. The Morgan fingerprint density at radius 1 is 1.53 bits per heavy atom. The summed E-state index contributed by atoms with van der Waals surface area (Å²) < 4.78 is 6.77. The second-order valence-electron chi connectivity index (χ2n) is 4.73. The lowest BCUT2D eigenvalue weighted by Gasteiger charge is -2.33. The van der Waals surface area contributed by atoms with Gasteiger partial charge in [-0.05, 0) is 36.1 Å². The van der Waals surface area contributed by atoms with Gasteiger partial charge in [-0.1, -0.05) is 29.8 Å². The number of hydrogen-bond acceptors (Lipinski definition) is 2. The monoisotopic (exact) mass is 298 g/mol. The summed E-state index contributed by atoms with van der Waals surface area (Å²) in [7, 11) is 0. The number of benzene rings is 1. The van der Waals surface area contributed by atoms with Gasteiger partial charge in [0.25, 0.3) is 0 Å². The summed E-state index contributed by atoms with van der Waals surface area (Å²) in [6.07, 6.45) is 0.286. The van der Waals surface area contributed by atoms with Crippen molar-refractivity contribution in [2.45, 2.75) is 26.4 Å². The van der Waals surface area contributed by atoms with Gasteiger partial charge in [0, 0.05) is 4.47 Å². The van der Waals surface area contributed by atoms with Crippen LogP contribution in [0.4, 0.5) is 0 Å². The maximum absolute atomic E-state index is 11.3. The first-order valence-corrected chi connectivity index (χ1v) is 6.46. The number of rotatable bonds is 2. The minimum absolute atomic E-state index is 0.188. The van der Waals surface area contributed by atoms with Gasteiger partial charge in [-0.25, -0.2) is 0 Å². The lowest BCUT2D eigenvalue weighted by Crippen LogP contribution is -2.41. The first-order valence-electron chi connectivity index (χ1n) is 5.67. The zero-order chi connectivity index (χ0) is 12.6. The number of halogens is 1. The summed E-state index contributed by atoms with van der Waals surface area (Å²) in [5.41, 5.74) is 0.962. The number of hydrogen-bond donors (Lipinski definition) is 1. The number of fused-ring (bicyclic) bond motifs is 1. The molecule has 1 aliphatic heterocycles. The van der Waals surface area contributed by atoms with Crippen LogP contribution in [0.3, 0.4) is 0 Å². The molecule has 2 atom stereocenters. The first-order chi connectivity index (χ1) is 7.99. The zero-order valence-corrected chi connectivity index (χ0v) is 11.4. The number of carbonyl (C=O) groups is 1. The Hall–Kier alpha value is -1.03. The van der Waals surface area contributed by atoms with E-state index in [0.29, 0.717) is 6.42 Å². The molecule has 0 radical (unpaired) electrons. The Labute approximate surface area is 109 Å². The Morgan fingerprint density at radius 2 is 2.24 bits per heavy atom. The van der Waals surface area contributed by atoms with Crippen LogP contribution in [0.15, 0.2) is 22.7 Å². The molecule has 0 aliphatic carbocycles. The molecule has 1 N–H and O–H groups in total. The third-order valence-corrected chi connectivity index (χ3v) is 3.59. The van der Waals surface area contributed by atoms with Crippen molar-refractivity contribution in [3.8, 4) is 5.75 Å². The third-order valence-electron chi connectivity index (χ3n) is 3.10. The lowest BCUT2D eigenvalue weighted by molar-refractivity contribution is -0.146. The molecule has 1 aromatic carbocycles. The van der Waals surface area contributed by atoms with Crippen molar-refractivity contribution in [2.75, 3.05) is 0 Å². The van der Waals surface area contributed by atoms with E-state index in [4.69, 9.17) is 4.74 Å². The van der Waals surface area contributed by atoms with Crippen molar-refractivity contribution in [3.05, 3.63) is 28.2 Å². The van der Waals surface area contributed by atoms with Crippen molar-refractivity contribution in [3.63, 3.8) is 0 Å². The first kappa shape index (κ1) is 12.4. The number of ether oxygens (including phenoxy) is 1. The van der Waals surface area contributed by atoms with Crippen LogP contribution in [0, 0.1) is 11.8 Å². The Balaban J connectivity index is 2.36. The molecule has 0 saturated carbocycles. The second-order valence-corrected chi connectivity index (χ2v) is 5.64. The average molecular weight is 299 g/mol. The normalized spacial score (nSPS) is 23.1. The summed E-state index contributed by atoms with van der Waals surface area (Å²) >= 11 is 3.39. The molecular formula is C13H15BrO3. The molecule has 0 aromatic heterocycles. The van der Waals surface area contributed by atoms with Gasteiger partial charge in [0.15, 0.2) is 0 Å². The quantitative estimate of drug-likeness (QED) is 0.912. The van der Waals surface area contributed by atoms with Crippen molar-refractivity contribution >= 4 is 21.9 Å². The van der Waals surface area contributed by atoms with E-state index in [0.717, 1.165) is 15.8 Å². The second kappa shape index (κ2) is 4.69. The minimum atomic E-state index is -0.783. The molecule has 1 aliphatic rings. The molecule has 0 amide bonds. The molecule has 0 bridgehead atoms. The highest BCUT2D eigenvalue weighted by Gasteiger charge is 2.36. The van der Waals surface area contributed by atoms with Gasteiger partial charge in [0.1, 0.15) is 11.9 Å². The van der Waals surface area contributed by atoms with Gasteiger partial charge >= 0.3 is 5.97 Å². The predicted molar refractivity (Wildman–Crippen MR) is 68.2 cm³/mol. The van der Waals surface area contributed by atoms with Gasteiger partial charge < -0.3 is 9.84 Å². The van der Waals surface area contributed by atoms with Crippen LogP contribution >= 0.6 is 15.9 Å². The van der Waals surface area contributed by atoms with E-state index < -0.39 is 11.9 Å². The Bertz CT molecular complexity index is 442. The van der Waals surface area contributed by atoms with E-state index in [-0.39, 0.29) is 12.0 Å². The Morgan fingerprint density at radius 3 is 2.82 bits per heavy atom. The van der Waals surface area contributed by atoms with Crippen LogP contribution < -0.4 is 4.74 Å². The topological polar surface area (TPSA) is 46.5 Å². The maximum atomic E-state index is 11.3. The van der Waals surface area contributed by atoms with Gasteiger partial charge in [-0.15, -0.1) is 0 Å². The van der Waals surface area contributed by atoms with E-state index in [1.165, 1.54) is 0 Å². The van der Waals surface area contributed by atoms with E-state index in [1.54, 1.807) is 0 Å². The van der Waals surface area contributed by atoms with Crippen LogP contribution in [0.5, 0.6) is 5.75 Å². The zero-order valence-electron chi connectivity index (χ0n) is 9.81. The van der Waals surface area contributed by atoms with Gasteiger partial charge in [-0.3, -0.25) is 4.79 Å². The number of aliphatic carboxylic acids is 1. The average Bonchev–Trinajstić information content (AvgIpc) is 2.26. The summed E-state index contributed by atoms with van der Waals surface area (Å²) in [5.74, 6) is -0.247. The molecule has 92 valence electrons. The molecule has 1 heterocycles. The fourth-order valence-corrected chi connectivity index (χ4v) is 2.64. The Kier molecular flexibility index (Phi) is 3.43. The fraction of sp³-hybridized carbons (Fsp3) is 0.462. The molecule has 0 fully saturated rings. The number of carboxylic acid groups (broad SMARTS) is 1. The third kappa shape index (κ3) is 2.46. The lowest BCUT2D eigenvalue weighted by atomic mass is 9.85. The highest BCUT2D eigenvalue weighted by molar-refractivity contribution is 9.10. The van der Waals surface area contributed by atoms with Crippen molar-refractivity contribution in [1.29, 1.82) is 0 Å². The van der Waals surface area contributed by atoms with Crippen molar-refractivity contribution in [1.82, 2.24) is 0 Å². The maximum Gasteiger partial charge on any atom is 0.310 e. The molecule has 3 nitrogen and oxygen atoms in total. The summed E-state index contributed by atoms with van der Waals surface area (Å²) in [4.78, 5) is 11.3. The smallest absolute Gasteiger partial charge is 0.310 e. The molecule has 1 aromatic rings. The van der Waals surface area contributed by atoms with Crippen LogP contribution in [0.25, 0.3) is 0 Å². The van der Waals surface area contributed by atoms with Crippen molar-refractivity contribution < 1.29 is 14.6 Å². The molecule has 4 heteroatoms. The SMILES string of the molecule is CC(C)C1Oc2ccc(Br)cc2CC1C(=O)O.